The standard InChI is InChI=1S/C27H17FN4O9/c28-19-12-31(21-7-4-10-39-21)27(37)32(24(19)34)23(33)17-13-38-14-18(17)26(36)41-22-16(11-29)8-9-20(30-22)40-25(35)15-5-2-1-3-6-15/h1-3,5-6,8-9,12-14,21H,4,7,10H2. The zero-order valence-electron chi connectivity index (χ0n) is 20.8. The monoisotopic (exact) mass is 560 g/mol. The van der Waals surface area contributed by atoms with E-state index >= 15 is 0 Å². The van der Waals surface area contributed by atoms with Gasteiger partial charge in [0.05, 0.1) is 17.3 Å². The van der Waals surface area contributed by atoms with Crippen molar-refractivity contribution < 1.29 is 37.4 Å². The molecule has 1 aromatic carbocycles. The van der Waals surface area contributed by atoms with Crippen LogP contribution in [0.5, 0.6) is 11.8 Å². The van der Waals surface area contributed by atoms with Crippen molar-refractivity contribution in [3.63, 3.8) is 0 Å². The largest absolute Gasteiger partial charge is 0.471 e. The summed E-state index contributed by atoms with van der Waals surface area (Å²) < 4.78 is 35.9. The van der Waals surface area contributed by atoms with E-state index < -0.39 is 58.1 Å². The highest BCUT2D eigenvalue weighted by molar-refractivity contribution is 6.06. The third-order valence-electron chi connectivity index (χ3n) is 5.95. The molecule has 1 aliphatic heterocycles. The van der Waals surface area contributed by atoms with Gasteiger partial charge in [0.1, 0.15) is 36.0 Å². The van der Waals surface area contributed by atoms with Crippen LogP contribution >= 0.6 is 0 Å². The van der Waals surface area contributed by atoms with Gasteiger partial charge in [-0.05, 0) is 31.0 Å². The predicted octanol–water partition coefficient (Wildman–Crippen LogP) is 2.44. The van der Waals surface area contributed by atoms with Crippen molar-refractivity contribution in [1.82, 2.24) is 14.1 Å². The molecule has 1 aliphatic rings. The van der Waals surface area contributed by atoms with Gasteiger partial charge in [0, 0.05) is 12.7 Å². The molecule has 0 bridgehead atoms. The van der Waals surface area contributed by atoms with Crippen LogP contribution in [0.25, 0.3) is 0 Å². The van der Waals surface area contributed by atoms with Crippen molar-refractivity contribution in [2.75, 3.05) is 6.61 Å². The first-order valence-corrected chi connectivity index (χ1v) is 11.9. The summed E-state index contributed by atoms with van der Waals surface area (Å²) in [5.41, 5.74) is -3.92. The molecule has 4 aromatic rings. The number of hydrogen-bond donors (Lipinski definition) is 0. The first kappa shape index (κ1) is 26.9. The number of furan rings is 1. The zero-order valence-corrected chi connectivity index (χ0v) is 20.8. The van der Waals surface area contributed by atoms with Crippen LogP contribution in [-0.2, 0) is 4.74 Å². The number of carbonyl (C=O) groups excluding carboxylic acids is 3. The van der Waals surface area contributed by atoms with E-state index in [1.807, 2.05) is 0 Å². The van der Waals surface area contributed by atoms with Crippen LogP contribution in [0.4, 0.5) is 4.39 Å². The molecular formula is C27H17FN4O9. The van der Waals surface area contributed by atoms with E-state index in [-0.39, 0.29) is 21.6 Å². The maximum atomic E-state index is 14.5. The topological polar surface area (TPSA) is 173 Å². The fourth-order valence-electron chi connectivity index (χ4n) is 3.96. The fraction of sp³-hybridized carbons (Fsp3) is 0.148. The Balaban J connectivity index is 1.43. The van der Waals surface area contributed by atoms with Crippen molar-refractivity contribution >= 4 is 17.8 Å². The van der Waals surface area contributed by atoms with Crippen molar-refractivity contribution in [3.8, 4) is 17.8 Å². The molecule has 0 amide bonds. The second-order valence-electron chi connectivity index (χ2n) is 8.54. The second-order valence-corrected chi connectivity index (χ2v) is 8.54. The van der Waals surface area contributed by atoms with E-state index in [2.05, 4.69) is 4.98 Å². The summed E-state index contributed by atoms with van der Waals surface area (Å²) in [7, 11) is 0. The molecule has 14 heteroatoms. The Kier molecular flexibility index (Phi) is 7.35. The Hall–Kier alpha value is -5.68. The van der Waals surface area contributed by atoms with Gasteiger partial charge in [-0.1, -0.05) is 18.2 Å². The molecule has 206 valence electrons. The van der Waals surface area contributed by atoms with Crippen LogP contribution in [0.1, 0.15) is 55.7 Å². The molecule has 41 heavy (non-hydrogen) atoms. The molecule has 1 saturated heterocycles. The molecule has 0 saturated carbocycles. The van der Waals surface area contributed by atoms with E-state index in [0.717, 1.165) is 17.1 Å². The first-order valence-electron chi connectivity index (χ1n) is 11.9. The van der Waals surface area contributed by atoms with Gasteiger partial charge in [-0.15, -0.1) is 0 Å². The number of esters is 2. The molecule has 0 N–H and O–H groups in total. The van der Waals surface area contributed by atoms with E-state index in [1.54, 1.807) is 24.3 Å². The highest BCUT2D eigenvalue weighted by Gasteiger charge is 2.29. The van der Waals surface area contributed by atoms with Crippen LogP contribution in [0, 0.1) is 17.1 Å². The minimum Gasteiger partial charge on any atom is -0.471 e. The predicted molar refractivity (Wildman–Crippen MR) is 133 cm³/mol. The fourth-order valence-corrected chi connectivity index (χ4v) is 3.96. The van der Waals surface area contributed by atoms with Gasteiger partial charge in [0.15, 0.2) is 0 Å². The number of ether oxygens (including phenoxy) is 3. The van der Waals surface area contributed by atoms with Crippen LogP contribution in [-0.4, -0.2) is 38.6 Å². The Morgan fingerprint density at radius 3 is 2.49 bits per heavy atom. The summed E-state index contributed by atoms with van der Waals surface area (Å²) in [6.45, 7) is 0.300. The number of carbonyl (C=O) groups is 3. The number of nitriles is 1. The zero-order chi connectivity index (χ0) is 29.1. The molecule has 13 nitrogen and oxygen atoms in total. The number of pyridine rings is 1. The third-order valence-corrected chi connectivity index (χ3v) is 5.95. The van der Waals surface area contributed by atoms with Gasteiger partial charge in [-0.2, -0.15) is 19.2 Å². The maximum absolute atomic E-state index is 14.5. The van der Waals surface area contributed by atoms with Gasteiger partial charge in [0.2, 0.25) is 17.6 Å². The van der Waals surface area contributed by atoms with Crippen molar-refractivity contribution in [2.45, 2.75) is 19.1 Å². The normalized spacial score (nSPS) is 14.3. The molecule has 5 rings (SSSR count). The third kappa shape index (κ3) is 5.29. The smallest absolute Gasteiger partial charge is 0.349 e. The van der Waals surface area contributed by atoms with E-state index in [9.17, 15) is 33.6 Å². The van der Waals surface area contributed by atoms with Crippen molar-refractivity contribution in [1.29, 1.82) is 5.26 Å². The SMILES string of the molecule is N#Cc1ccc(OC(=O)c2ccccc2)nc1OC(=O)c1cocc1C(=O)n1c(=O)c(F)cn(C2CCCO2)c1=O. The highest BCUT2D eigenvalue weighted by Crippen LogP contribution is 2.23. The number of nitrogens with zero attached hydrogens (tertiary/aromatic N) is 4. The lowest BCUT2D eigenvalue weighted by atomic mass is 10.2. The van der Waals surface area contributed by atoms with Gasteiger partial charge >= 0.3 is 17.6 Å². The molecule has 4 heterocycles. The molecule has 1 unspecified atom stereocenters. The number of hydrogen-bond acceptors (Lipinski definition) is 11. The Labute approximate surface area is 228 Å². The minimum absolute atomic E-state index is 0.0151. The van der Waals surface area contributed by atoms with Crippen molar-refractivity contribution in [2.24, 2.45) is 0 Å². The number of halogens is 1. The van der Waals surface area contributed by atoms with Crippen molar-refractivity contribution in [3.05, 3.63) is 110 Å². The first-order chi connectivity index (χ1) is 19.8. The van der Waals surface area contributed by atoms with E-state index in [0.29, 0.717) is 25.6 Å². The van der Waals surface area contributed by atoms with E-state index in [1.165, 1.54) is 24.3 Å². The maximum Gasteiger partial charge on any atom is 0.349 e. The summed E-state index contributed by atoms with van der Waals surface area (Å²) in [6.07, 6.45) is 2.26. The summed E-state index contributed by atoms with van der Waals surface area (Å²) in [5, 5.41) is 9.42. The summed E-state index contributed by atoms with van der Waals surface area (Å²) in [4.78, 5) is 67.9. The van der Waals surface area contributed by atoms with Crippen LogP contribution in [0.15, 0.2) is 75.2 Å². The Morgan fingerprint density at radius 1 is 1.02 bits per heavy atom. The Bertz CT molecular complexity index is 1830. The molecule has 0 spiro atoms. The van der Waals surface area contributed by atoms with Crippen LogP contribution in [0.3, 0.4) is 0 Å². The lowest BCUT2D eigenvalue weighted by molar-refractivity contribution is 0.0500. The minimum atomic E-state index is -1.55. The highest BCUT2D eigenvalue weighted by atomic mass is 19.1. The van der Waals surface area contributed by atoms with E-state index in [4.69, 9.17) is 18.6 Å². The molecule has 0 radical (unpaired) electrons. The molecule has 3 aromatic heterocycles. The number of benzene rings is 1. The number of rotatable bonds is 6. The molecule has 1 fully saturated rings. The lowest BCUT2D eigenvalue weighted by Crippen LogP contribution is -2.46. The average Bonchev–Trinajstić information content (AvgIpc) is 3.69. The molecular weight excluding hydrogens is 543 g/mol. The average molecular weight is 560 g/mol. The second kappa shape index (κ2) is 11.2. The van der Waals surface area contributed by atoms with Gasteiger partial charge in [0.25, 0.3) is 11.5 Å². The quantitative estimate of drug-likeness (QED) is 0.317. The van der Waals surface area contributed by atoms with Crippen LogP contribution in [0.2, 0.25) is 0 Å². The lowest BCUT2D eigenvalue weighted by Gasteiger charge is -2.15. The molecule has 0 aliphatic carbocycles. The van der Waals surface area contributed by atoms with Gasteiger partial charge in [-0.25, -0.2) is 14.4 Å². The van der Waals surface area contributed by atoms with Gasteiger partial charge in [-0.3, -0.25) is 14.2 Å². The Morgan fingerprint density at radius 2 is 1.78 bits per heavy atom. The van der Waals surface area contributed by atoms with Gasteiger partial charge < -0.3 is 18.6 Å². The number of aromatic nitrogens is 3. The van der Waals surface area contributed by atoms with Crippen LogP contribution < -0.4 is 20.7 Å². The summed E-state index contributed by atoms with van der Waals surface area (Å²) >= 11 is 0. The summed E-state index contributed by atoms with van der Waals surface area (Å²) in [5.74, 6) is -5.68. The molecule has 1 atom stereocenters. The summed E-state index contributed by atoms with van der Waals surface area (Å²) in [6, 6.07) is 12.1.